The summed E-state index contributed by atoms with van der Waals surface area (Å²) in [4.78, 5) is 11.3. The number of nitrogens with zero attached hydrogens (tertiary/aromatic N) is 2. The highest BCUT2D eigenvalue weighted by molar-refractivity contribution is 5.71. The highest BCUT2D eigenvalue weighted by Gasteiger charge is 2.05. The molecule has 0 spiro atoms. The molecule has 0 saturated heterocycles. The zero-order chi connectivity index (χ0) is 11.1. The second-order valence-corrected chi connectivity index (χ2v) is 3.44. The van der Waals surface area contributed by atoms with E-state index in [1.54, 1.807) is 12.1 Å². The highest BCUT2D eigenvalue weighted by Crippen LogP contribution is 2.07. The van der Waals surface area contributed by atoms with Crippen LogP contribution in [0.25, 0.3) is 0 Å². The van der Waals surface area contributed by atoms with Crippen molar-refractivity contribution >= 4 is 5.97 Å². The fourth-order valence-corrected chi connectivity index (χ4v) is 1.13. The molecule has 0 aliphatic carbocycles. The zero-order valence-electron chi connectivity index (χ0n) is 9.19. The molecule has 4 nitrogen and oxygen atoms in total. The predicted octanol–water partition coefficient (Wildman–Crippen LogP) is 2.27. The lowest BCUT2D eigenvalue weighted by molar-refractivity contribution is -0.134. The lowest BCUT2D eigenvalue weighted by Crippen LogP contribution is -2.09. The van der Waals surface area contributed by atoms with Crippen molar-refractivity contribution in [2.45, 2.75) is 39.5 Å². The van der Waals surface area contributed by atoms with Crippen LogP contribution in [0.2, 0.25) is 0 Å². The number of carbonyl (C=O) groups is 1. The number of unbranched alkanes of at least 4 members (excludes halogenated alkanes) is 2. The molecule has 0 fully saturated rings. The Morgan fingerprint density at radius 1 is 1.33 bits per heavy atom. The SMILES string of the molecule is CCCCCC(=O)Oc1ccc(C)nn1. The number of carbonyl (C=O) groups excluding carboxylic acids is 1. The number of aryl methyl sites for hydroxylation is 1. The summed E-state index contributed by atoms with van der Waals surface area (Å²) >= 11 is 0. The molecule has 4 heteroatoms. The van der Waals surface area contributed by atoms with E-state index in [9.17, 15) is 4.79 Å². The molecular formula is C11H16N2O2. The summed E-state index contributed by atoms with van der Waals surface area (Å²) in [6.45, 7) is 3.93. The van der Waals surface area contributed by atoms with Crippen LogP contribution in [-0.4, -0.2) is 16.2 Å². The molecule has 82 valence electrons. The van der Waals surface area contributed by atoms with Crippen LogP contribution in [0.15, 0.2) is 12.1 Å². The molecule has 0 unspecified atom stereocenters. The van der Waals surface area contributed by atoms with Crippen LogP contribution in [-0.2, 0) is 4.79 Å². The van der Waals surface area contributed by atoms with Crippen molar-refractivity contribution in [1.82, 2.24) is 10.2 Å². The van der Waals surface area contributed by atoms with E-state index in [0.717, 1.165) is 25.0 Å². The summed E-state index contributed by atoms with van der Waals surface area (Å²) in [7, 11) is 0. The third-order valence-corrected chi connectivity index (χ3v) is 1.98. The van der Waals surface area contributed by atoms with Crippen molar-refractivity contribution in [3.63, 3.8) is 0 Å². The van der Waals surface area contributed by atoms with Crippen molar-refractivity contribution < 1.29 is 9.53 Å². The van der Waals surface area contributed by atoms with Gasteiger partial charge in [-0.15, -0.1) is 5.10 Å². The number of hydrogen-bond acceptors (Lipinski definition) is 4. The van der Waals surface area contributed by atoms with Gasteiger partial charge in [0.2, 0.25) is 5.88 Å². The first-order valence-electron chi connectivity index (χ1n) is 5.23. The molecular weight excluding hydrogens is 192 g/mol. The molecule has 0 bridgehead atoms. The van der Waals surface area contributed by atoms with E-state index in [1.165, 1.54) is 0 Å². The maximum absolute atomic E-state index is 11.3. The van der Waals surface area contributed by atoms with Crippen LogP contribution in [0.5, 0.6) is 5.88 Å². The summed E-state index contributed by atoms with van der Waals surface area (Å²) < 4.78 is 5.00. The molecule has 0 aliphatic rings. The molecule has 0 N–H and O–H groups in total. The van der Waals surface area contributed by atoms with E-state index in [2.05, 4.69) is 17.1 Å². The van der Waals surface area contributed by atoms with Crippen LogP contribution in [0, 0.1) is 6.92 Å². The minimum Gasteiger partial charge on any atom is -0.406 e. The van der Waals surface area contributed by atoms with Crippen molar-refractivity contribution in [2.24, 2.45) is 0 Å². The molecule has 1 rings (SSSR count). The Labute approximate surface area is 89.7 Å². The zero-order valence-corrected chi connectivity index (χ0v) is 9.19. The fraction of sp³-hybridized carbons (Fsp3) is 0.545. The van der Waals surface area contributed by atoms with Gasteiger partial charge in [-0.2, -0.15) is 5.10 Å². The van der Waals surface area contributed by atoms with Gasteiger partial charge in [-0.05, 0) is 19.4 Å². The van der Waals surface area contributed by atoms with Crippen LogP contribution < -0.4 is 4.74 Å². The van der Waals surface area contributed by atoms with Gasteiger partial charge in [0.05, 0.1) is 5.69 Å². The molecule has 15 heavy (non-hydrogen) atoms. The molecule has 1 aromatic heterocycles. The summed E-state index contributed by atoms with van der Waals surface area (Å²) in [5.41, 5.74) is 0.806. The van der Waals surface area contributed by atoms with Crippen LogP contribution in [0.1, 0.15) is 38.3 Å². The lowest BCUT2D eigenvalue weighted by Gasteiger charge is -2.01. The fourth-order valence-electron chi connectivity index (χ4n) is 1.13. The van der Waals surface area contributed by atoms with Crippen molar-refractivity contribution in [2.75, 3.05) is 0 Å². The summed E-state index contributed by atoms with van der Waals surface area (Å²) in [5.74, 6) is 0.0451. The van der Waals surface area contributed by atoms with E-state index >= 15 is 0 Å². The van der Waals surface area contributed by atoms with Gasteiger partial charge in [0.25, 0.3) is 0 Å². The van der Waals surface area contributed by atoms with Gasteiger partial charge in [-0.1, -0.05) is 19.8 Å². The number of rotatable bonds is 5. The quantitative estimate of drug-likeness (QED) is 0.550. The largest absolute Gasteiger partial charge is 0.406 e. The van der Waals surface area contributed by atoms with Crippen molar-refractivity contribution in [1.29, 1.82) is 0 Å². The third-order valence-electron chi connectivity index (χ3n) is 1.98. The molecule has 0 aliphatic heterocycles. The normalized spacial score (nSPS) is 10.0. The Morgan fingerprint density at radius 3 is 2.73 bits per heavy atom. The maximum atomic E-state index is 11.3. The molecule has 1 heterocycles. The Balaban J connectivity index is 2.34. The summed E-state index contributed by atoms with van der Waals surface area (Å²) in [6.07, 6.45) is 3.46. The highest BCUT2D eigenvalue weighted by atomic mass is 16.5. The van der Waals surface area contributed by atoms with Gasteiger partial charge in [0.15, 0.2) is 0 Å². The molecule has 0 amide bonds. The van der Waals surface area contributed by atoms with Gasteiger partial charge in [0, 0.05) is 12.5 Å². The second-order valence-electron chi connectivity index (χ2n) is 3.44. The van der Waals surface area contributed by atoms with Crippen molar-refractivity contribution in [3.05, 3.63) is 17.8 Å². The molecule has 0 atom stereocenters. The first-order chi connectivity index (χ1) is 7.22. The van der Waals surface area contributed by atoms with Gasteiger partial charge >= 0.3 is 5.97 Å². The number of ether oxygens (including phenoxy) is 1. The van der Waals surface area contributed by atoms with Crippen LogP contribution in [0.3, 0.4) is 0 Å². The number of esters is 1. The first kappa shape index (κ1) is 11.6. The predicted molar refractivity (Wildman–Crippen MR) is 56.5 cm³/mol. The summed E-state index contributed by atoms with van der Waals surface area (Å²) in [5, 5.41) is 7.55. The molecule has 0 saturated carbocycles. The Hall–Kier alpha value is -1.45. The minimum atomic E-state index is -0.235. The molecule has 0 aromatic carbocycles. The average Bonchev–Trinajstić information content (AvgIpc) is 2.22. The first-order valence-corrected chi connectivity index (χ1v) is 5.23. The second kappa shape index (κ2) is 6.11. The molecule has 1 aromatic rings. The van der Waals surface area contributed by atoms with Crippen LogP contribution in [0.4, 0.5) is 0 Å². The van der Waals surface area contributed by atoms with Gasteiger partial charge in [-0.25, -0.2) is 0 Å². The Kier molecular flexibility index (Phi) is 4.74. The number of hydrogen-bond donors (Lipinski definition) is 0. The summed E-state index contributed by atoms with van der Waals surface area (Å²) in [6, 6.07) is 3.42. The Bertz CT molecular complexity index is 309. The lowest BCUT2D eigenvalue weighted by atomic mass is 10.2. The van der Waals surface area contributed by atoms with E-state index in [-0.39, 0.29) is 11.8 Å². The van der Waals surface area contributed by atoms with E-state index < -0.39 is 0 Å². The van der Waals surface area contributed by atoms with Crippen LogP contribution >= 0.6 is 0 Å². The number of aromatic nitrogens is 2. The average molecular weight is 208 g/mol. The standard InChI is InChI=1S/C11H16N2O2/c1-3-4-5-6-11(14)15-10-8-7-9(2)12-13-10/h7-8H,3-6H2,1-2H3. The molecule has 0 radical (unpaired) electrons. The van der Waals surface area contributed by atoms with E-state index in [4.69, 9.17) is 4.74 Å². The topological polar surface area (TPSA) is 52.1 Å². The monoisotopic (exact) mass is 208 g/mol. The van der Waals surface area contributed by atoms with Gasteiger partial charge in [-0.3, -0.25) is 4.79 Å². The van der Waals surface area contributed by atoms with Gasteiger partial charge in [0.1, 0.15) is 0 Å². The van der Waals surface area contributed by atoms with Gasteiger partial charge < -0.3 is 4.74 Å². The van der Waals surface area contributed by atoms with Crippen molar-refractivity contribution in [3.8, 4) is 5.88 Å². The smallest absolute Gasteiger partial charge is 0.312 e. The van der Waals surface area contributed by atoms with E-state index in [0.29, 0.717) is 6.42 Å². The minimum absolute atomic E-state index is 0.235. The Morgan fingerprint density at radius 2 is 2.13 bits per heavy atom. The third kappa shape index (κ3) is 4.54. The van der Waals surface area contributed by atoms with E-state index in [1.807, 2.05) is 6.92 Å². The maximum Gasteiger partial charge on any atom is 0.312 e.